The van der Waals surface area contributed by atoms with E-state index in [1.54, 1.807) is 53.8 Å². The number of aliphatic hydroxyl groups excluding tert-OH is 1. The number of hydrogen-bond donors (Lipinski definition) is 1. The zero-order valence-corrected chi connectivity index (χ0v) is 22.3. The van der Waals surface area contributed by atoms with Gasteiger partial charge in [-0.1, -0.05) is 13.0 Å². The van der Waals surface area contributed by atoms with Crippen LogP contribution < -0.4 is 9.64 Å². The van der Waals surface area contributed by atoms with E-state index in [-0.39, 0.29) is 37.5 Å². The fraction of sp³-hybridized carbons (Fsp3) is 0.593. The summed E-state index contributed by atoms with van der Waals surface area (Å²) < 4.78 is 9.44. The Balaban J connectivity index is 1.82. The highest BCUT2D eigenvalue weighted by atomic mass is 32.2. The van der Waals surface area contributed by atoms with Crippen molar-refractivity contribution in [3.63, 3.8) is 0 Å². The number of methoxy groups -OCH3 is 1. The van der Waals surface area contributed by atoms with Gasteiger partial charge >= 0.3 is 5.97 Å². The summed E-state index contributed by atoms with van der Waals surface area (Å²) in [5, 5.41) is 10.2. The fourth-order valence-electron chi connectivity index (χ4n) is 6.40. The van der Waals surface area contributed by atoms with Crippen LogP contribution in [0.15, 0.2) is 36.9 Å². The first-order valence-corrected chi connectivity index (χ1v) is 13.4. The van der Waals surface area contributed by atoms with Gasteiger partial charge in [-0.05, 0) is 57.4 Å². The number of likely N-dealkylation sites (tertiary alicyclic amines) is 1. The standard InChI is InChI=1S/C27H36N2O6S/c1-6-15-28(18-9-11-19(34-5)12-10-18)24(32)22-27-14-13-26(4,36-27)21(25(33)35-8-3)20(27)23(31)29(22)17(7-2)16-30/h6,9-12,17,20-22,30H,1,7-8,13-16H2,2-5H3/t17-,20-,21-,22?,26+,27?/m0/s1. The van der Waals surface area contributed by atoms with Crippen LogP contribution >= 0.6 is 11.8 Å². The van der Waals surface area contributed by atoms with Crippen LogP contribution in [0.5, 0.6) is 5.75 Å². The Bertz CT molecular complexity index is 1030. The topological polar surface area (TPSA) is 96.4 Å². The zero-order valence-electron chi connectivity index (χ0n) is 21.4. The summed E-state index contributed by atoms with van der Waals surface area (Å²) in [7, 11) is 1.58. The Kier molecular flexibility index (Phi) is 7.44. The first kappa shape index (κ1) is 26.5. The molecular formula is C27H36N2O6S. The highest BCUT2D eigenvalue weighted by Crippen LogP contribution is 2.71. The molecule has 3 aliphatic rings. The van der Waals surface area contributed by atoms with E-state index in [1.165, 1.54) is 0 Å². The van der Waals surface area contributed by atoms with Crippen molar-refractivity contribution in [2.75, 3.05) is 31.8 Å². The van der Waals surface area contributed by atoms with Crippen LogP contribution in [0.4, 0.5) is 5.69 Å². The SMILES string of the molecule is C=CCN(C(=O)C1N([C@@H](CC)CO)C(=O)[C@@H]2[C@@H](C(=O)OCC)[C@@]3(C)CCC12S3)c1ccc(OC)cc1. The van der Waals surface area contributed by atoms with Crippen molar-refractivity contribution < 1.29 is 29.0 Å². The highest BCUT2D eigenvalue weighted by Gasteiger charge is 2.78. The molecule has 0 aromatic heterocycles. The van der Waals surface area contributed by atoms with Crippen molar-refractivity contribution in [3.05, 3.63) is 36.9 Å². The molecule has 0 aliphatic carbocycles. The summed E-state index contributed by atoms with van der Waals surface area (Å²) in [6, 6.07) is 5.84. The maximum atomic E-state index is 14.5. The molecular weight excluding hydrogens is 480 g/mol. The minimum atomic E-state index is -0.819. The Morgan fingerprint density at radius 2 is 2.00 bits per heavy atom. The second-order valence-electron chi connectivity index (χ2n) is 9.91. The lowest BCUT2D eigenvalue weighted by atomic mass is 9.66. The van der Waals surface area contributed by atoms with Gasteiger partial charge in [0.25, 0.3) is 5.91 Å². The van der Waals surface area contributed by atoms with Gasteiger partial charge in [0.1, 0.15) is 11.8 Å². The van der Waals surface area contributed by atoms with Gasteiger partial charge in [-0.3, -0.25) is 14.4 Å². The molecule has 196 valence electrons. The molecule has 3 aliphatic heterocycles. The molecule has 36 heavy (non-hydrogen) atoms. The fourth-order valence-corrected chi connectivity index (χ4v) is 8.73. The average molecular weight is 517 g/mol. The van der Waals surface area contributed by atoms with Gasteiger partial charge in [-0.25, -0.2) is 0 Å². The quantitative estimate of drug-likeness (QED) is 0.377. The molecule has 0 saturated carbocycles. The lowest BCUT2D eigenvalue weighted by Gasteiger charge is -2.39. The molecule has 3 saturated heterocycles. The van der Waals surface area contributed by atoms with Crippen molar-refractivity contribution in [1.29, 1.82) is 0 Å². The summed E-state index contributed by atoms with van der Waals surface area (Å²) in [6.45, 7) is 9.73. The number of carbonyl (C=O) groups excluding carboxylic acids is 3. The molecule has 3 fully saturated rings. The number of benzene rings is 1. The van der Waals surface area contributed by atoms with Gasteiger partial charge < -0.3 is 24.4 Å². The summed E-state index contributed by atoms with van der Waals surface area (Å²) in [6.07, 6.45) is 3.50. The van der Waals surface area contributed by atoms with Gasteiger partial charge in [-0.15, -0.1) is 18.3 Å². The maximum absolute atomic E-state index is 14.5. The predicted octanol–water partition coefficient (Wildman–Crippen LogP) is 3.03. The molecule has 1 aromatic carbocycles. The lowest BCUT2D eigenvalue weighted by molar-refractivity contribution is -0.155. The minimum absolute atomic E-state index is 0.231. The summed E-state index contributed by atoms with van der Waals surface area (Å²) in [5.41, 5.74) is 0.663. The van der Waals surface area contributed by atoms with E-state index >= 15 is 0 Å². The third kappa shape index (κ3) is 3.91. The predicted molar refractivity (Wildman–Crippen MR) is 139 cm³/mol. The van der Waals surface area contributed by atoms with Crippen molar-refractivity contribution in [2.24, 2.45) is 11.8 Å². The van der Waals surface area contributed by atoms with E-state index in [0.717, 1.165) is 0 Å². The number of ether oxygens (including phenoxy) is 2. The number of hydrogen-bond acceptors (Lipinski definition) is 7. The van der Waals surface area contributed by atoms with Crippen molar-refractivity contribution >= 4 is 35.2 Å². The molecule has 2 amide bonds. The molecule has 1 N–H and O–H groups in total. The van der Waals surface area contributed by atoms with Crippen LogP contribution in [0.1, 0.15) is 40.0 Å². The first-order valence-electron chi connectivity index (χ1n) is 12.6. The zero-order chi connectivity index (χ0) is 26.3. The molecule has 3 heterocycles. The van der Waals surface area contributed by atoms with E-state index in [2.05, 4.69) is 6.58 Å². The highest BCUT2D eigenvalue weighted by molar-refractivity contribution is 8.02. The second-order valence-corrected chi connectivity index (χ2v) is 11.8. The number of carbonyl (C=O) groups is 3. The summed E-state index contributed by atoms with van der Waals surface area (Å²) in [5.74, 6) is -1.48. The normalized spacial score (nSPS) is 31.2. The van der Waals surface area contributed by atoms with Gasteiger partial charge in [0, 0.05) is 17.0 Å². The van der Waals surface area contributed by atoms with Crippen LogP contribution in [0.25, 0.3) is 0 Å². The molecule has 9 heteroatoms. The lowest BCUT2D eigenvalue weighted by Crippen LogP contribution is -2.57. The van der Waals surface area contributed by atoms with Crippen LogP contribution in [0, 0.1) is 11.8 Å². The van der Waals surface area contributed by atoms with E-state index < -0.39 is 33.4 Å². The van der Waals surface area contributed by atoms with E-state index in [0.29, 0.717) is 30.7 Å². The van der Waals surface area contributed by atoms with Gasteiger partial charge in [0.05, 0.1) is 42.9 Å². The van der Waals surface area contributed by atoms with Gasteiger partial charge in [0.2, 0.25) is 5.91 Å². The maximum Gasteiger partial charge on any atom is 0.311 e. The van der Waals surface area contributed by atoms with Gasteiger partial charge in [-0.2, -0.15) is 0 Å². The largest absolute Gasteiger partial charge is 0.497 e. The molecule has 6 atom stereocenters. The molecule has 4 rings (SSSR count). The van der Waals surface area contributed by atoms with Crippen molar-refractivity contribution in [3.8, 4) is 5.75 Å². The van der Waals surface area contributed by atoms with Crippen LogP contribution in [-0.2, 0) is 19.1 Å². The Morgan fingerprint density at radius 1 is 1.31 bits per heavy atom. The average Bonchev–Trinajstić information content (AvgIpc) is 3.44. The number of nitrogens with zero attached hydrogens (tertiary/aromatic N) is 2. The molecule has 8 nitrogen and oxygen atoms in total. The Labute approximate surface area is 217 Å². The monoisotopic (exact) mass is 516 g/mol. The molecule has 1 aromatic rings. The van der Waals surface area contributed by atoms with E-state index in [9.17, 15) is 19.5 Å². The van der Waals surface area contributed by atoms with Crippen LogP contribution in [0.2, 0.25) is 0 Å². The first-order chi connectivity index (χ1) is 17.2. The number of anilines is 1. The number of amides is 2. The summed E-state index contributed by atoms with van der Waals surface area (Å²) in [4.78, 5) is 44.9. The smallest absolute Gasteiger partial charge is 0.311 e. The van der Waals surface area contributed by atoms with Crippen LogP contribution in [-0.4, -0.2) is 76.2 Å². The molecule has 1 spiro atoms. The second kappa shape index (κ2) is 10.1. The van der Waals surface area contributed by atoms with E-state index in [4.69, 9.17) is 9.47 Å². The van der Waals surface area contributed by atoms with Crippen molar-refractivity contribution in [1.82, 2.24) is 4.90 Å². The van der Waals surface area contributed by atoms with Crippen LogP contribution in [0.3, 0.4) is 0 Å². The number of fused-ring (bicyclic) bond motifs is 1. The third-order valence-electron chi connectivity index (χ3n) is 8.03. The third-order valence-corrected chi connectivity index (χ3v) is 10.0. The number of aliphatic hydroxyl groups is 1. The van der Waals surface area contributed by atoms with Gasteiger partial charge in [0.15, 0.2) is 0 Å². The number of rotatable bonds is 10. The Morgan fingerprint density at radius 3 is 2.56 bits per heavy atom. The molecule has 0 radical (unpaired) electrons. The molecule has 2 bridgehead atoms. The number of thioether (sulfide) groups is 1. The molecule has 2 unspecified atom stereocenters. The Hall–Kier alpha value is -2.52. The number of esters is 1. The minimum Gasteiger partial charge on any atom is -0.497 e. The van der Waals surface area contributed by atoms with Crippen molar-refractivity contribution in [2.45, 2.75) is 61.6 Å². The summed E-state index contributed by atoms with van der Waals surface area (Å²) >= 11 is 1.59. The van der Waals surface area contributed by atoms with E-state index in [1.807, 2.05) is 26.0 Å².